The van der Waals surface area contributed by atoms with Crippen LogP contribution in [0.1, 0.15) is 183 Å². The number of rotatable bonds is 21. The van der Waals surface area contributed by atoms with Crippen molar-refractivity contribution in [2.75, 3.05) is 6.61 Å². The molecule has 4 fully saturated rings. The van der Waals surface area contributed by atoms with Gasteiger partial charge in [0.05, 0.1) is 0 Å². The van der Waals surface area contributed by atoms with Crippen molar-refractivity contribution >= 4 is 5.97 Å². The number of carbonyl (C=O) groups excluding carboxylic acids is 1. The van der Waals surface area contributed by atoms with Crippen LogP contribution in [-0.2, 0) is 19.0 Å². The van der Waals surface area contributed by atoms with Crippen LogP contribution < -0.4 is 0 Å². The van der Waals surface area contributed by atoms with Gasteiger partial charge in [-0.1, -0.05) is 137 Å². The highest BCUT2D eigenvalue weighted by atomic mass is 16.8. The van der Waals surface area contributed by atoms with Crippen LogP contribution in [0.3, 0.4) is 0 Å². The van der Waals surface area contributed by atoms with Gasteiger partial charge in [0.25, 0.3) is 0 Å². The maximum Gasteiger partial charge on any atom is 0.305 e. The molecule has 5 N–H and O–H groups in total. The van der Waals surface area contributed by atoms with Crippen molar-refractivity contribution in [3.05, 3.63) is 11.6 Å². The Morgan fingerprint density at radius 3 is 2.16 bits per heavy atom. The maximum atomic E-state index is 12.6. The summed E-state index contributed by atoms with van der Waals surface area (Å²) < 4.78 is 17.3. The van der Waals surface area contributed by atoms with E-state index in [-0.39, 0.29) is 24.9 Å². The number of carbonyl (C=O) groups is 1. The Morgan fingerprint density at radius 2 is 1.50 bits per heavy atom. The lowest BCUT2D eigenvalue weighted by Crippen LogP contribution is -2.64. The third-order valence-corrected chi connectivity index (χ3v) is 15.8. The third-order valence-electron chi connectivity index (χ3n) is 15.8. The Morgan fingerprint density at radius 1 is 0.839 bits per heavy atom. The van der Waals surface area contributed by atoms with Crippen LogP contribution >= 0.6 is 0 Å². The minimum atomic E-state index is -2.06. The number of allylic oxidation sites excluding steroid dienone is 1. The maximum absolute atomic E-state index is 12.6. The zero-order valence-corrected chi connectivity index (χ0v) is 36.1. The smallest absolute Gasteiger partial charge is 0.305 e. The zero-order chi connectivity index (χ0) is 40.7. The fourth-order valence-electron chi connectivity index (χ4n) is 12.3. The SMILES string of the molecule is CCCCCCCCCCCCCC(=O)OC[C@H]1O[C@H](OC2(O)CC3=CCC4C(CC[C@@]5(C)C4CC[C@@H]5[C@H](C)CCCC(C)C)[C@@]3(C)CC2O)[C@H](O)[C@H](O)[C@H]1O. The highest BCUT2D eigenvalue weighted by molar-refractivity contribution is 5.69. The molecule has 0 bridgehead atoms. The molecule has 0 aromatic heterocycles. The van der Waals surface area contributed by atoms with E-state index >= 15 is 0 Å². The van der Waals surface area contributed by atoms with E-state index in [1.54, 1.807) is 0 Å². The van der Waals surface area contributed by atoms with Gasteiger partial charge >= 0.3 is 5.97 Å². The van der Waals surface area contributed by atoms with Gasteiger partial charge in [-0.05, 0) is 91.3 Å². The van der Waals surface area contributed by atoms with E-state index in [0.717, 1.165) is 55.4 Å². The van der Waals surface area contributed by atoms with E-state index in [9.17, 15) is 30.3 Å². The van der Waals surface area contributed by atoms with E-state index in [2.05, 4.69) is 47.6 Å². The first-order valence-corrected chi connectivity index (χ1v) is 23.3. The first-order valence-electron chi connectivity index (χ1n) is 23.3. The lowest BCUT2D eigenvalue weighted by atomic mass is 9.46. The van der Waals surface area contributed by atoms with Crippen molar-refractivity contribution < 1.29 is 44.5 Å². The van der Waals surface area contributed by atoms with E-state index < -0.39 is 48.6 Å². The van der Waals surface area contributed by atoms with Crippen molar-refractivity contribution in [1.82, 2.24) is 0 Å². The van der Waals surface area contributed by atoms with Gasteiger partial charge in [-0.25, -0.2) is 0 Å². The minimum absolute atomic E-state index is 0.0647. The summed E-state index contributed by atoms with van der Waals surface area (Å²) in [5, 5.41) is 56.0. The van der Waals surface area contributed by atoms with Gasteiger partial charge in [-0.15, -0.1) is 0 Å². The summed E-state index contributed by atoms with van der Waals surface area (Å²) in [5.74, 6) is 1.39. The summed E-state index contributed by atoms with van der Waals surface area (Å²) in [6, 6.07) is 0. The van der Waals surface area contributed by atoms with Gasteiger partial charge in [0.1, 0.15) is 37.1 Å². The van der Waals surface area contributed by atoms with Gasteiger partial charge < -0.3 is 39.7 Å². The molecule has 0 spiro atoms. The molecule has 9 heteroatoms. The molecular weight excluding hydrogens is 709 g/mol. The summed E-state index contributed by atoms with van der Waals surface area (Å²) in [6.07, 6.45) is 16.8. The average molecular weight is 791 g/mol. The predicted molar refractivity (Wildman–Crippen MR) is 219 cm³/mol. The monoisotopic (exact) mass is 791 g/mol. The first-order chi connectivity index (χ1) is 26.6. The Kier molecular flexibility index (Phi) is 16.8. The minimum Gasteiger partial charge on any atom is -0.463 e. The molecule has 1 aliphatic heterocycles. The van der Waals surface area contributed by atoms with Gasteiger partial charge in [-0.3, -0.25) is 4.79 Å². The van der Waals surface area contributed by atoms with Crippen LogP contribution in [0.5, 0.6) is 0 Å². The lowest BCUT2D eigenvalue weighted by Gasteiger charge is -2.60. The van der Waals surface area contributed by atoms with Crippen molar-refractivity contribution in [3.8, 4) is 0 Å². The van der Waals surface area contributed by atoms with Gasteiger partial charge in [-0.2, -0.15) is 0 Å². The van der Waals surface area contributed by atoms with E-state index in [0.29, 0.717) is 29.6 Å². The molecule has 9 nitrogen and oxygen atoms in total. The van der Waals surface area contributed by atoms with Crippen molar-refractivity contribution in [2.45, 2.75) is 225 Å². The quantitative estimate of drug-likeness (QED) is 0.0334. The van der Waals surface area contributed by atoms with Crippen LogP contribution in [0, 0.1) is 46.3 Å². The predicted octanol–water partition coefficient (Wildman–Crippen LogP) is 8.76. The summed E-state index contributed by atoms with van der Waals surface area (Å²) in [7, 11) is 0. The van der Waals surface area contributed by atoms with Crippen LogP contribution in [0.2, 0.25) is 0 Å². The van der Waals surface area contributed by atoms with E-state index in [1.165, 1.54) is 89.9 Å². The Bertz CT molecular complexity index is 1260. The van der Waals surface area contributed by atoms with Gasteiger partial charge in [0.15, 0.2) is 12.1 Å². The molecular formula is C47H82O9. The summed E-state index contributed by atoms with van der Waals surface area (Å²) in [4.78, 5) is 12.6. The second kappa shape index (κ2) is 20.5. The molecule has 324 valence electrons. The normalized spacial score (nSPS) is 40.1. The molecule has 1 saturated heterocycles. The van der Waals surface area contributed by atoms with Gasteiger partial charge in [0, 0.05) is 12.8 Å². The number of aliphatic hydroxyl groups excluding tert-OH is 4. The molecule has 0 aromatic rings. The van der Waals surface area contributed by atoms with E-state index in [4.69, 9.17) is 14.2 Å². The molecule has 56 heavy (non-hydrogen) atoms. The van der Waals surface area contributed by atoms with Crippen LogP contribution in [0.15, 0.2) is 11.6 Å². The fraction of sp³-hybridized carbons (Fsp3) is 0.936. The van der Waals surface area contributed by atoms with Crippen LogP contribution in [0.25, 0.3) is 0 Å². The molecule has 5 unspecified atom stereocenters. The van der Waals surface area contributed by atoms with Crippen molar-refractivity contribution in [1.29, 1.82) is 0 Å². The largest absolute Gasteiger partial charge is 0.463 e. The standard InChI is InChI=1S/C47H82O9/c1-7-8-9-10-11-12-13-14-15-16-17-21-40(49)54-30-38-41(50)42(51)43(52)44(55-38)56-47(53)28-33-22-23-34-36-25-24-35(32(4)20-18-19-31(2)3)45(36,5)27-26-37(34)46(33,6)29-39(47)48/h22,31-32,34-39,41-44,48,50-53H,7-21,23-30H2,1-6H3/t32-,34?,35-,36?,37?,38-,39?,41+,42-,43-,44-,45-,46+,47?/m1/s1. The highest BCUT2D eigenvalue weighted by Gasteiger charge is 2.62. The molecule has 14 atom stereocenters. The summed E-state index contributed by atoms with van der Waals surface area (Å²) >= 11 is 0. The fourth-order valence-corrected chi connectivity index (χ4v) is 12.3. The second-order valence-electron chi connectivity index (χ2n) is 20.1. The van der Waals surface area contributed by atoms with Crippen molar-refractivity contribution in [2.24, 2.45) is 46.3 Å². The topological polar surface area (TPSA) is 146 Å². The molecule has 0 amide bonds. The lowest BCUT2D eigenvalue weighted by molar-refractivity contribution is -0.383. The number of unbranched alkanes of at least 4 members (excludes halogenated alkanes) is 10. The number of ether oxygens (including phenoxy) is 3. The van der Waals surface area contributed by atoms with Crippen molar-refractivity contribution in [3.63, 3.8) is 0 Å². The average Bonchev–Trinajstić information content (AvgIpc) is 3.51. The van der Waals surface area contributed by atoms with Crippen LogP contribution in [0.4, 0.5) is 0 Å². The molecule has 5 rings (SSSR count). The number of hydrogen-bond acceptors (Lipinski definition) is 9. The Hall–Kier alpha value is -1.07. The Labute approximate surface area is 339 Å². The van der Waals surface area contributed by atoms with Gasteiger partial charge in [0.2, 0.25) is 0 Å². The molecule has 4 aliphatic carbocycles. The van der Waals surface area contributed by atoms with E-state index in [1.807, 2.05) is 0 Å². The summed E-state index contributed by atoms with van der Waals surface area (Å²) in [5.41, 5.74) is 1.13. The zero-order valence-electron chi connectivity index (χ0n) is 36.1. The number of fused-ring (bicyclic) bond motifs is 5. The molecule has 3 saturated carbocycles. The second-order valence-corrected chi connectivity index (χ2v) is 20.1. The Balaban J connectivity index is 1.12. The highest BCUT2D eigenvalue weighted by Crippen LogP contribution is 2.68. The number of aliphatic hydroxyl groups is 5. The molecule has 0 aromatic carbocycles. The molecule has 5 aliphatic rings. The summed E-state index contributed by atoms with van der Waals surface area (Å²) in [6.45, 7) is 13.9. The third kappa shape index (κ3) is 10.6. The number of hydrogen-bond donors (Lipinski definition) is 5. The molecule has 0 radical (unpaired) electrons. The molecule has 1 heterocycles. The van der Waals surface area contributed by atoms with Crippen LogP contribution in [-0.4, -0.2) is 80.7 Å². The first kappa shape index (κ1) is 46.0. The number of esters is 1.